The molecule has 0 aliphatic carbocycles. The molecular formula is C14H12N4O3S. The second kappa shape index (κ2) is 6.02. The van der Waals surface area contributed by atoms with Crippen LogP contribution in [0.1, 0.15) is 17.7 Å². The number of nitrogens with one attached hydrogen (secondary N) is 1. The first-order valence-corrected chi connectivity index (χ1v) is 7.40. The standard InChI is InChI=1S/C14H12N4O3S/c1-9(10-4-2-5-11(8-10)18(19)20)22-14-17-16-13(21-14)12-6-3-7-15-12/h2-9,15H,1H3/t9-/m1/s1. The average Bonchev–Trinajstić information content (AvgIpc) is 3.18. The Labute approximate surface area is 129 Å². The Morgan fingerprint density at radius 1 is 1.32 bits per heavy atom. The van der Waals surface area contributed by atoms with Crippen molar-refractivity contribution in [3.8, 4) is 11.6 Å². The maximum Gasteiger partial charge on any atom is 0.277 e. The van der Waals surface area contributed by atoms with E-state index in [1.807, 2.05) is 25.1 Å². The lowest BCUT2D eigenvalue weighted by atomic mass is 10.1. The number of H-pyrrole nitrogens is 1. The van der Waals surface area contributed by atoms with E-state index in [4.69, 9.17) is 4.42 Å². The normalized spacial score (nSPS) is 12.2. The number of aromatic nitrogens is 3. The SMILES string of the molecule is C[C@@H](Sc1nnc(-c2ccc[nH]2)o1)c1cccc([N+](=O)[O-])c1. The highest BCUT2D eigenvalue weighted by Crippen LogP contribution is 2.35. The molecule has 1 aromatic carbocycles. The van der Waals surface area contributed by atoms with Crippen LogP contribution < -0.4 is 0 Å². The van der Waals surface area contributed by atoms with Gasteiger partial charge in [0.05, 0.1) is 4.92 Å². The fourth-order valence-corrected chi connectivity index (χ4v) is 2.74. The first-order chi connectivity index (χ1) is 10.6. The van der Waals surface area contributed by atoms with Gasteiger partial charge in [0.1, 0.15) is 5.69 Å². The van der Waals surface area contributed by atoms with E-state index in [0.717, 1.165) is 11.3 Å². The molecule has 112 valence electrons. The number of nitro groups is 1. The first-order valence-electron chi connectivity index (χ1n) is 6.52. The number of thioether (sulfide) groups is 1. The van der Waals surface area contributed by atoms with Gasteiger partial charge in [-0.05, 0) is 24.6 Å². The van der Waals surface area contributed by atoms with E-state index in [1.54, 1.807) is 18.3 Å². The molecule has 22 heavy (non-hydrogen) atoms. The number of hydrogen-bond donors (Lipinski definition) is 1. The molecule has 0 fully saturated rings. The topological polar surface area (TPSA) is 97.8 Å². The van der Waals surface area contributed by atoms with Crippen molar-refractivity contribution in [1.29, 1.82) is 0 Å². The summed E-state index contributed by atoms with van der Waals surface area (Å²) in [6, 6.07) is 10.2. The van der Waals surface area contributed by atoms with Crippen LogP contribution in [0, 0.1) is 10.1 Å². The molecule has 0 bridgehead atoms. The predicted molar refractivity (Wildman–Crippen MR) is 81.5 cm³/mol. The van der Waals surface area contributed by atoms with Crippen LogP contribution in [-0.2, 0) is 0 Å². The number of nitrogens with zero attached hydrogens (tertiary/aromatic N) is 3. The summed E-state index contributed by atoms with van der Waals surface area (Å²) in [4.78, 5) is 13.4. The lowest BCUT2D eigenvalue weighted by Crippen LogP contribution is -1.92. The van der Waals surface area contributed by atoms with Gasteiger partial charge < -0.3 is 9.40 Å². The van der Waals surface area contributed by atoms with Gasteiger partial charge in [0.25, 0.3) is 16.8 Å². The van der Waals surface area contributed by atoms with Crippen molar-refractivity contribution < 1.29 is 9.34 Å². The zero-order valence-electron chi connectivity index (χ0n) is 11.6. The van der Waals surface area contributed by atoms with Crippen molar-refractivity contribution in [2.24, 2.45) is 0 Å². The van der Waals surface area contributed by atoms with Gasteiger partial charge in [-0.3, -0.25) is 10.1 Å². The number of non-ortho nitro benzene ring substituents is 1. The monoisotopic (exact) mass is 316 g/mol. The maximum atomic E-state index is 10.8. The molecule has 2 heterocycles. The maximum absolute atomic E-state index is 10.8. The van der Waals surface area contributed by atoms with Crippen LogP contribution >= 0.6 is 11.8 Å². The molecular weight excluding hydrogens is 304 g/mol. The second-order valence-corrected chi connectivity index (χ2v) is 5.86. The van der Waals surface area contributed by atoms with Gasteiger partial charge in [-0.25, -0.2) is 0 Å². The third-order valence-corrected chi connectivity index (χ3v) is 4.06. The lowest BCUT2D eigenvalue weighted by molar-refractivity contribution is -0.384. The summed E-state index contributed by atoms with van der Waals surface area (Å²) in [6.07, 6.45) is 1.78. The van der Waals surface area contributed by atoms with Crippen LogP contribution in [0.4, 0.5) is 5.69 Å². The molecule has 7 nitrogen and oxygen atoms in total. The summed E-state index contributed by atoms with van der Waals surface area (Å²) in [5.74, 6) is 0.416. The van der Waals surface area contributed by atoms with Crippen LogP contribution in [0.25, 0.3) is 11.6 Å². The molecule has 0 saturated carbocycles. The Hall–Kier alpha value is -2.61. The third kappa shape index (κ3) is 3.01. The van der Waals surface area contributed by atoms with Gasteiger partial charge in [-0.2, -0.15) is 0 Å². The van der Waals surface area contributed by atoms with Crippen molar-refractivity contribution in [3.63, 3.8) is 0 Å². The fraction of sp³-hybridized carbons (Fsp3) is 0.143. The van der Waals surface area contributed by atoms with E-state index in [-0.39, 0.29) is 10.9 Å². The highest BCUT2D eigenvalue weighted by Gasteiger charge is 2.16. The van der Waals surface area contributed by atoms with E-state index in [9.17, 15) is 10.1 Å². The Balaban J connectivity index is 1.75. The largest absolute Gasteiger partial charge is 0.410 e. The van der Waals surface area contributed by atoms with Crippen molar-refractivity contribution in [3.05, 3.63) is 58.3 Å². The highest BCUT2D eigenvalue weighted by atomic mass is 32.2. The summed E-state index contributed by atoms with van der Waals surface area (Å²) in [6.45, 7) is 1.93. The van der Waals surface area contributed by atoms with Crippen LogP contribution in [0.15, 0.2) is 52.2 Å². The van der Waals surface area contributed by atoms with Gasteiger partial charge in [0.2, 0.25) is 0 Å². The Bertz CT molecular complexity index is 785. The summed E-state index contributed by atoms with van der Waals surface area (Å²) in [5.41, 5.74) is 1.66. The van der Waals surface area contributed by atoms with E-state index in [2.05, 4.69) is 15.2 Å². The molecule has 0 aliphatic rings. The van der Waals surface area contributed by atoms with E-state index >= 15 is 0 Å². The molecule has 0 spiro atoms. The molecule has 0 amide bonds. The molecule has 0 radical (unpaired) electrons. The number of nitro benzene ring substituents is 1. The second-order valence-electron chi connectivity index (χ2n) is 4.57. The molecule has 0 aliphatic heterocycles. The van der Waals surface area contributed by atoms with Crippen molar-refractivity contribution in [2.45, 2.75) is 17.4 Å². The van der Waals surface area contributed by atoms with Crippen LogP contribution in [0.2, 0.25) is 0 Å². The summed E-state index contributed by atoms with van der Waals surface area (Å²) in [7, 11) is 0. The quantitative estimate of drug-likeness (QED) is 0.436. The van der Waals surface area contributed by atoms with Gasteiger partial charge in [-0.15, -0.1) is 10.2 Å². The number of rotatable bonds is 5. The zero-order chi connectivity index (χ0) is 15.5. The van der Waals surface area contributed by atoms with Crippen molar-refractivity contribution in [1.82, 2.24) is 15.2 Å². The van der Waals surface area contributed by atoms with Crippen molar-refractivity contribution in [2.75, 3.05) is 0 Å². The zero-order valence-corrected chi connectivity index (χ0v) is 12.4. The van der Waals surface area contributed by atoms with E-state index < -0.39 is 4.92 Å². The van der Waals surface area contributed by atoms with Crippen LogP contribution in [-0.4, -0.2) is 20.1 Å². The molecule has 0 saturated heterocycles. The number of aromatic amines is 1. The smallest absolute Gasteiger partial charge is 0.277 e. The third-order valence-electron chi connectivity index (χ3n) is 3.06. The average molecular weight is 316 g/mol. The molecule has 3 aromatic rings. The lowest BCUT2D eigenvalue weighted by Gasteiger charge is -2.08. The molecule has 1 atom stereocenters. The molecule has 8 heteroatoms. The Kier molecular flexibility index (Phi) is 3.92. The minimum atomic E-state index is -0.406. The van der Waals surface area contributed by atoms with E-state index in [1.165, 1.54) is 17.8 Å². The van der Waals surface area contributed by atoms with Gasteiger partial charge in [-0.1, -0.05) is 23.9 Å². The molecule has 0 unspecified atom stereocenters. The predicted octanol–water partition coefficient (Wildman–Crippen LogP) is 3.83. The molecule has 3 rings (SSSR count). The summed E-state index contributed by atoms with van der Waals surface area (Å²) < 4.78 is 5.57. The van der Waals surface area contributed by atoms with Gasteiger partial charge in [0, 0.05) is 23.6 Å². The van der Waals surface area contributed by atoms with Crippen LogP contribution in [0.5, 0.6) is 0 Å². The number of benzene rings is 1. The Morgan fingerprint density at radius 3 is 2.91 bits per heavy atom. The molecule has 2 aromatic heterocycles. The number of hydrogen-bond acceptors (Lipinski definition) is 6. The highest BCUT2D eigenvalue weighted by molar-refractivity contribution is 7.99. The van der Waals surface area contributed by atoms with E-state index in [0.29, 0.717) is 11.1 Å². The van der Waals surface area contributed by atoms with Crippen molar-refractivity contribution >= 4 is 17.4 Å². The summed E-state index contributed by atoms with van der Waals surface area (Å²) >= 11 is 1.36. The minimum Gasteiger partial charge on any atom is -0.410 e. The molecule has 1 N–H and O–H groups in total. The van der Waals surface area contributed by atoms with Gasteiger partial charge >= 0.3 is 0 Å². The van der Waals surface area contributed by atoms with Crippen LogP contribution in [0.3, 0.4) is 0 Å². The Morgan fingerprint density at radius 2 is 2.18 bits per heavy atom. The van der Waals surface area contributed by atoms with Gasteiger partial charge in [0.15, 0.2) is 0 Å². The fourth-order valence-electron chi connectivity index (χ4n) is 1.94. The first kappa shape index (κ1) is 14.3. The minimum absolute atomic E-state index is 0.0446. The summed E-state index contributed by atoms with van der Waals surface area (Å²) in [5, 5.41) is 19.2.